The van der Waals surface area contributed by atoms with E-state index in [1.54, 1.807) is 0 Å². The van der Waals surface area contributed by atoms with E-state index in [0.717, 1.165) is 32.8 Å². The number of carbonyl (C=O) groups is 1. The molecular weight excluding hydrogens is 532 g/mol. The first-order valence-electron chi connectivity index (χ1n) is 14.1. The summed E-state index contributed by atoms with van der Waals surface area (Å²) in [6.45, 7) is 0. The van der Waals surface area contributed by atoms with Crippen LogP contribution in [-0.4, -0.2) is 26.0 Å². The molecule has 0 radical (unpaired) electrons. The number of anilines is 1. The second-order valence-corrected chi connectivity index (χ2v) is 10.5. The highest BCUT2D eigenvalue weighted by atomic mass is 16.3. The Hall–Kier alpha value is -5.72. The molecule has 1 aromatic heterocycles. The van der Waals surface area contributed by atoms with Gasteiger partial charge in [0.15, 0.2) is 23.7 Å². The molecule has 6 nitrogen and oxygen atoms in total. The number of rotatable bonds is 4. The maximum Gasteiger partial charge on any atom is 0.261 e. The smallest absolute Gasteiger partial charge is 0.261 e. The Bertz CT molecular complexity index is 2120. The van der Waals surface area contributed by atoms with E-state index in [1.165, 1.54) is 4.90 Å². The van der Waals surface area contributed by atoms with Crippen molar-refractivity contribution in [3.8, 4) is 34.2 Å². The molecule has 0 saturated heterocycles. The average Bonchev–Trinajstić information content (AvgIpc) is 3.07. The van der Waals surface area contributed by atoms with E-state index >= 15 is 0 Å². The van der Waals surface area contributed by atoms with Gasteiger partial charge in [-0.2, -0.15) is 0 Å². The van der Waals surface area contributed by atoms with E-state index in [1.807, 2.05) is 133 Å². The molecule has 1 N–H and O–H groups in total. The minimum atomic E-state index is -1.15. The molecule has 7 aromatic rings. The minimum Gasteiger partial charge on any atom is -0.369 e. The molecule has 0 fully saturated rings. The molecule has 1 aliphatic heterocycles. The number of carbonyl (C=O) groups excluding carboxylic acids is 1. The van der Waals surface area contributed by atoms with Crippen molar-refractivity contribution in [3.63, 3.8) is 0 Å². The summed E-state index contributed by atoms with van der Waals surface area (Å²) < 4.78 is 0. The topological polar surface area (TPSA) is 79.2 Å². The van der Waals surface area contributed by atoms with Crippen molar-refractivity contribution in [2.24, 2.45) is 0 Å². The van der Waals surface area contributed by atoms with Crippen molar-refractivity contribution >= 4 is 33.1 Å². The highest BCUT2D eigenvalue weighted by molar-refractivity contribution is 6.19. The second-order valence-electron chi connectivity index (χ2n) is 10.5. The fourth-order valence-corrected chi connectivity index (χ4v) is 5.92. The molecule has 0 saturated carbocycles. The van der Waals surface area contributed by atoms with Crippen LogP contribution in [0.3, 0.4) is 0 Å². The van der Waals surface area contributed by atoms with E-state index in [-0.39, 0.29) is 5.91 Å². The third kappa shape index (κ3) is 4.16. The highest BCUT2D eigenvalue weighted by Gasteiger charge is 2.35. The molecule has 1 atom stereocenters. The average molecular weight is 557 g/mol. The molecule has 1 aliphatic rings. The van der Waals surface area contributed by atoms with Crippen molar-refractivity contribution in [2.45, 2.75) is 6.23 Å². The van der Waals surface area contributed by atoms with Crippen LogP contribution in [0.25, 0.3) is 55.7 Å². The maximum absolute atomic E-state index is 14.0. The van der Waals surface area contributed by atoms with Gasteiger partial charge in [0.05, 0.1) is 0 Å². The molecule has 6 heteroatoms. The lowest BCUT2D eigenvalue weighted by Gasteiger charge is -2.34. The number of aliphatic hydroxyl groups excluding tert-OH is 1. The Morgan fingerprint density at radius 3 is 1.86 bits per heavy atom. The number of aromatic nitrogens is 3. The number of fused-ring (bicyclic) bond motifs is 1. The lowest BCUT2D eigenvalue weighted by Crippen LogP contribution is -2.38. The molecule has 204 valence electrons. The van der Waals surface area contributed by atoms with Gasteiger partial charge in [-0.05, 0) is 40.4 Å². The number of amides is 1. The van der Waals surface area contributed by atoms with Crippen molar-refractivity contribution in [1.82, 2.24) is 15.0 Å². The predicted molar refractivity (Wildman–Crippen MR) is 169 cm³/mol. The van der Waals surface area contributed by atoms with Gasteiger partial charge >= 0.3 is 0 Å². The zero-order chi connectivity index (χ0) is 28.9. The number of nitrogens with zero attached hydrogens (tertiary/aromatic N) is 4. The van der Waals surface area contributed by atoms with E-state index in [4.69, 9.17) is 15.0 Å². The van der Waals surface area contributed by atoms with Gasteiger partial charge in [-0.25, -0.2) is 15.0 Å². The van der Waals surface area contributed by atoms with E-state index < -0.39 is 6.23 Å². The van der Waals surface area contributed by atoms with Crippen LogP contribution in [0.4, 0.5) is 5.69 Å². The summed E-state index contributed by atoms with van der Waals surface area (Å²) in [6, 6.07) is 42.9. The summed E-state index contributed by atoms with van der Waals surface area (Å²) in [6.07, 6.45) is -1.15. The number of hydrogen-bond acceptors (Lipinski definition) is 5. The van der Waals surface area contributed by atoms with Crippen molar-refractivity contribution in [1.29, 1.82) is 0 Å². The van der Waals surface area contributed by atoms with Crippen LogP contribution in [-0.2, 0) is 0 Å². The third-order valence-corrected chi connectivity index (χ3v) is 8.00. The van der Waals surface area contributed by atoms with Crippen molar-refractivity contribution < 1.29 is 9.90 Å². The summed E-state index contributed by atoms with van der Waals surface area (Å²) in [5, 5.41) is 15.2. The lowest BCUT2D eigenvalue weighted by molar-refractivity contribution is 0.0879. The van der Waals surface area contributed by atoms with Crippen LogP contribution in [0.5, 0.6) is 0 Å². The quantitative estimate of drug-likeness (QED) is 0.239. The van der Waals surface area contributed by atoms with Crippen LogP contribution < -0.4 is 4.90 Å². The summed E-state index contributed by atoms with van der Waals surface area (Å²) in [7, 11) is 0. The predicted octanol–water partition coefficient (Wildman–Crippen LogP) is 7.83. The van der Waals surface area contributed by atoms with E-state index in [0.29, 0.717) is 39.7 Å². The van der Waals surface area contributed by atoms with Crippen LogP contribution in [0.15, 0.2) is 133 Å². The molecule has 43 heavy (non-hydrogen) atoms. The van der Waals surface area contributed by atoms with Crippen LogP contribution in [0.1, 0.15) is 22.1 Å². The van der Waals surface area contributed by atoms with Gasteiger partial charge in [0.2, 0.25) is 0 Å². The summed E-state index contributed by atoms with van der Waals surface area (Å²) in [5.74, 6) is 1.35. The Kier molecular flexibility index (Phi) is 5.81. The second kappa shape index (κ2) is 9.98. The fourth-order valence-electron chi connectivity index (χ4n) is 5.92. The summed E-state index contributed by atoms with van der Waals surface area (Å²) in [5.41, 5.74) is 4.33. The van der Waals surface area contributed by atoms with Crippen LogP contribution in [0, 0.1) is 0 Å². The normalized spacial score (nSPS) is 14.4. The molecule has 0 bridgehead atoms. The van der Waals surface area contributed by atoms with Crippen molar-refractivity contribution in [2.75, 3.05) is 4.90 Å². The highest BCUT2D eigenvalue weighted by Crippen LogP contribution is 2.42. The van der Waals surface area contributed by atoms with Gasteiger partial charge < -0.3 is 5.11 Å². The van der Waals surface area contributed by atoms with Gasteiger partial charge in [-0.1, -0.05) is 109 Å². The first kappa shape index (κ1) is 25.0. The third-order valence-electron chi connectivity index (χ3n) is 8.00. The molecule has 8 rings (SSSR count). The zero-order valence-corrected chi connectivity index (χ0v) is 22.9. The van der Waals surface area contributed by atoms with Gasteiger partial charge in [-0.15, -0.1) is 0 Å². The maximum atomic E-state index is 14.0. The van der Waals surface area contributed by atoms with Gasteiger partial charge in [0, 0.05) is 38.9 Å². The van der Waals surface area contributed by atoms with E-state index in [9.17, 15) is 9.90 Å². The first-order chi connectivity index (χ1) is 21.2. The number of benzene rings is 6. The zero-order valence-electron chi connectivity index (χ0n) is 22.9. The van der Waals surface area contributed by atoms with Gasteiger partial charge in [0.1, 0.15) is 0 Å². The standard InChI is InChI=1S/C37H24N4O2/c42-36-30-17-9-16-28-29(35-39-33(24-11-3-1-4-12-24)38-34(40-35)25-13-5-2-6-14-25)20-21-31(32(28)30)37(43)41(36)27-19-18-23-10-7-8-15-26(23)22-27/h1-22,36,42H. The first-order valence-corrected chi connectivity index (χ1v) is 14.1. The minimum absolute atomic E-state index is 0.261. The Morgan fingerprint density at radius 2 is 1.16 bits per heavy atom. The SMILES string of the molecule is O=C1c2ccc(-c3nc(-c4ccccc4)nc(-c4ccccc4)n3)c3cccc(c23)C(O)N1c1ccc2ccccc2c1. The number of aliphatic hydroxyl groups is 1. The molecule has 0 spiro atoms. The Morgan fingerprint density at radius 1 is 0.558 bits per heavy atom. The molecule has 1 unspecified atom stereocenters. The van der Waals surface area contributed by atoms with Crippen molar-refractivity contribution in [3.05, 3.63) is 145 Å². The molecular formula is C37H24N4O2. The largest absolute Gasteiger partial charge is 0.369 e. The molecule has 6 aromatic carbocycles. The Labute approximate surface area is 247 Å². The molecule has 0 aliphatic carbocycles. The Balaban J connectivity index is 1.30. The summed E-state index contributed by atoms with van der Waals surface area (Å²) >= 11 is 0. The lowest BCUT2D eigenvalue weighted by atomic mass is 9.90. The van der Waals surface area contributed by atoms with Gasteiger partial charge in [-0.3, -0.25) is 9.69 Å². The van der Waals surface area contributed by atoms with E-state index in [2.05, 4.69) is 0 Å². The van der Waals surface area contributed by atoms with Crippen LogP contribution in [0.2, 0.25) is 0 Å². The number of hydrogen-bond donors (Lipinski definition) is 1. The van der Waals surface area contributed by atoms with Crippen LogP contribution >= 0.6 is 0 Å². The van der Waals surface area contributed by atoms with Gasteiger partial charge in [0.25, 0.3) is 5.91 Å². The molecule has 2 heterocycles. The fraction of sp³-hybridized carbons (Fsp3) is 0.0270. The molecule has 1 amide bonds. The summed E-state index contributed by atoms with van der Waals surface area (Å²) in [4.78, 5) is 30.1. The monoisotopic (exact) mass is 556 g/mol.